The number of aryl methyl sites for hydroxylation is 2. The monoisotopic (exact) mass is 673 g/mol. The van der Waals surface area contributed by atoms with Crippen LogP contribution < -0.4 is 0 Å². The molecule has 3 nitrogen and oxygen atoms in total. The van der Waals surface area contributed by atoms with Crippen LogP contribution in [-0.2, 0) is 12.4 Å². The molecular formula is C41H25F6N3. The molecule has 2 heterocycles. The zero-order valence-electron chi connectivity index (χ0n) is 26.6. The molecule has 0 fully saturated rings. The van der Waals surface area contributed by atoms with E-state index in [1.54, 1.807) is 60.7 Å². The molecule has 0 amide bonds. The molecule has 0 bridgehead atoms. The van der Waals surface area contributed by atoms with Crippen molar-refractivity contribution in [3.05, 3.63) is 149 Å². The van der Waals surface area contributed by atoms with Crippen LogP contribution in [0.2, 0.25) is 0 Å². The van der Waals surface area contributed by atoms with Crippen molar-refractivity contribution in [1.82, 2.24) is 9.13 Å². The summed E-state index contributed by atoms with van der Waals surface area (Å²) in [6, 6.07) is 30.3. The van der Waals surface area contributed by atoms with Gasteiger partial charge < -0.3 is 9.13 Å². The molecule has 246 valence electrons. The number of benzene rings is 6. The summed E-state index contributed by atoms with van der Waals surface area (Å²) in [5.41, 5.74) is -0.317. The molecule has 6 aromatic carbocycles. The molecule has 0 radical (unpaired) electrons. The maximum atomic E-state index is 15.9. The summed E-state index contributed by atoms with van der Waals surface area (Å²) in [6.07, 6.45) is -9.87. The van der Waals surface area contributed by atoms with Gasteiger partial charge in [-0.1, -0.05) is 78.9 Å². The van der Waals surface area contributed by atoms with E-state index in [0.29, 0.717) is 32.8 Å². The van der Waals surface area contributed by atoms with Gasteiger partial charge in [0.25, 0.3) is 0 Å². The average molecular weight is 674 g/mol. The number of alkyl halides is 6. The third kappa shape index (κ3) is 4.59. The van der Waals surface area contributed by atoms with Crippen LogP contribution >= 0.6 is 0 Å². The lowest BCUT2D eigenvalue weighted by molar-refractivity contribution is -0.138. The van der Waals surface area contributed by atoms with Crippen LogP contribution in [-0.4, -0.2) is 9.13 Å². The van der Waals surface area contributed by atoms with Crippen molar-refractivity contribution in [2.45, 2.75) is 26.2 Å². The zero-order chi connectivity index (χ0) is 35.1. The lowest BCUT2D eigenvalue weighted by Crippen LogP contribution is -2.16. The number of rotatable bonds is 3. The van der Waals surface area contributed by atoms with Gasteiger partial charge in [0.15, 0.2) is 5.69 Å². The number of fused-ring (bicyclic) bond motifs is 6. The molecule has 8 rings (SSSR count). The third-order valence-electron chi connectivity index (χ3n) is 9.43. The van der Waals surface area contributed by atoms with Crippen molar-refractivity contribution in [1.29, 1.82) is 0 Å². The van der Waals surface area contributed by atoms with Gasteiger partial charge in [-0.05, 0) is 72.5 Å². The summed E-state index contributed by atoms with van der Waals surface area (Å²) >= 11 is 0. The highest BCUT2D eigenvalue weighted by atomic mass is 19.4. The normalized spacial score (nSPS) is 12.4. The van der Waals surface area contributed by atoms with Gasteiger partial charge in [-0.25, -0.2) is 4.85 Å². The van der Waals surface area contributed by atoms with Gasteiger partial charge in [0.05, 0.1) is 45.6 Å². The summed E-state index contributed by atoms with van der Waals surface area (Å²) in [4.78, 5) is 3.41. The summed E-state index contributed by atoms with van der Waals surface area (Å²) < 4.78 is 94.9. The standard InChI is InChI=1S/C41H25F6N3/c1-23-11-8-19-32-36(23)26-13-4-6-17-30(26)49(32)34-21-25(38-28(40(42,43)44)15-10-16-29(38)48-3)22-35(39(34)41(45,46)47)50-31-18-7-5-14-27(31)37-24(2)12-9-20-33(37)50/h4-22H,1-2H3. The molecule has 0 saturated carbocycles. The fraction of sp³-hybridized carbons (Fsp3) is 0.0976. The summed E-state index contributed by atoms with van der Waals surface area (Å²) in [6.45, 7) is 11.5. The molecule has 0 aliphatic heterocycles. The van der Waals surface area contributed by atoms with Gasteiger partial charge >= 0.3 is 12.4 Å². The van der Waals surface area contributed by atoms with Gasteiger partial charge in [-0.15, -0.1) is 0 Å². The van der Waals surface area contributed by atoms with Crippen LogP contribution in [0.15, 0.2) is 115 Å². The Balaban J connectivity index is 1.66. The highest BCUT2D eigenvalue weighted by Gasteiger charge is 2.41. The van der Waals surface area contributed by atoms with E-state index in [1.165, 1.54) is 15.2 Å². The molecule has 9 heteroatoms. The summed E-state index contributed by atoms with van der Waals surface area (Å²) in [5, 5.41) is 2.86. The predicted octanol–water partition coefficient (Wildman–Crippen LogP) is 12.8. The summed E-state index contributed by atoms with van der Waals surface area (Å²) in [7, 11) is 0. The molecule has 8 aromatic rings. The Morgan fingerprint density at radius 3 is 1.46 bits per heavy atom. The topological polar surface area (TPSA) is 14.2 Å². The molecule has 0 spiro atoms. The molecule has 0 N–H and O–H groups in total. The lowest BCUT2D eigenvalue weighted by atomic mass is 9.94. The fourth-order valence-corrected chi connectivity index (χ4v) is 7.49. The quantitative estimate of drug-likeness (QED) is 0.131. The second-order valence-corrected chi connectivity index (χ2v) is 12.3. The SMILES string of the molecule is [C-]#[N+]c1cccc(C(F)(F)F)c1-c1cc(-n2c3ccccc3c3c(C)cccc32)c(C(F)(F)F)c(-n2c3ccccc3c3c(C)cccc32)c1. The molecule has 0 aliphatic rings. The second kappa shape index (κ2) is 11.0. The highest BCUT2D eigenvalue weighted by Crippen LogP contribution is 2.49. The number of halogens is 6. The van der Waals surface area contributed by atoms with E-state index in [1.807, 2.05) is 38.1 Å². The number of nitrogens with zero attached hydrogens (tertiary/aromatic N) is 3. The minimum absolute atomic E-state index is 0.168. The Bertz CT molecular complexity index is 2580. The average Bonchev–Trinajstić information content (AvgIpc) is 3.61. The largest absolute Gasteiger partial charge is 0.420 e. The Morgan fingerprint density at radius 2 is 1.00 bits per heavy atom. The predicted molar refractivity (Wildman–Crippen MR) is 186 cm³/mol. The number of hydrogen-bond acceptors (Lipinski definition) is 0. The second-order valence-electron chi connectivity index (χ2n) is 12.3. The van der Waals surface area contributed by atoms with Crippen LogP contribution in [0.4, 0.5) is 32.0 Å². The van der Waals surface area contributed by atoms with Gasteiger partial charge in [0.1, 0.15) is 5.56 Å². The maximum absolute atomic E-state index is 15.9. The number of para-hydroxylation sites is 2. The first kappa shape index (κ1) is 31.3. The number of aromatic nitrogens is 2. The third-order valence-corrected chi connectivity index (χ3v) is 9.43. The molecular weight excluding hydrogens is 648 g/mol. The molecule has 2 aromatic heterocycles. The number of hydrogen-bond donors (Lipinski definition) is 0. The van der Waals surface area contributed by atoms with E-state index in [9.17, 15) is 13.2 Å². The van der Waals surface area contributed by atoms with E-state index >= 15 is 13.2 Å². The molecule has 50 heavy (non-hydrogen) atoms. The molecule has 0 saturated heterocycles. The first-order chi connectivity index (χ1) is 23.9. The highest BCUT2D eigenvalue weighted by molar-refractivity contribution is 6.12. The Morgan fingerprint density at radius 1 is 0.540 bits per heavy atom. The van der Waals surface area contributed by atoms with Gasteiger partial charge in [0.2, 0.25) is 0 Å². The van der Waals surface area contributed by atoms with Crippen molar-refractivity contribution < 1.29 is 26.3 Å². The van der Waals surface area contributed by atoms with Gasteiger partial charge in [0, 0.05) is 21.5 Å². The minimum atomic E-state index is -4.97. The first-order valence-electron chi connectivity index (χ1n) is 15.7. The molecule has 0 unspecified atom stereocenters. The summed E-state index contributed by atoms with van der Waals surface area (Å²) in [5.74, 6) is 0. The Kier molecular flexibility index (Phi) is 6.88. The van der Waals surface area contributed by atoms with Crippen molar-refractivity contribution in [3.8, 4) is 22.5 Å². The molecule has 0 atom stereocenters. The van der Waals surface area contributed by atoms with Crippen LogP contribution in [0, 0.1) is 20.4 Å². The van der Waals surface area contributed by atoms with Crippen LogP contribution in [0.1, 0.15) is 22.3 Å². The van der Waals surface area contributed by atoms with E-state index in [-0.39, 0.29) is 22.6 Å². The van der Waals surface area contributed by atoms with Crippen molar-refractivity contribution in [3.63, 3.8) is 0 Å². The fourth-order valence-electron chi connectivity index (χ4n) is 7.49. The molecule has 0 aliphatic carbocycles. The van der Waals surface area contributed by atoms with E-state index in [0.717, 1.165) is 46.2 Å². The van der Waals surface area contributed by atoms with E-state index in [2.05, 4.69) is 4.85 Å². The van der Waals surface area contributed by atoms with Crippen molar-refractivity contribution in [2.75, 3.05) is 0 Å². The van der Waals surface area contributed by atoms with Crippen LogP contribution in [0.25, 0.3) is 71.0 Å². The van der Waals surface area contributed by atoms with Crippen LogP contribution in [0.3, 0.4) is 0 Å². The van der Waals surface area contributed by atoms with E-state index in [4.69, 9.17) is 6.57 Å². The van der Waals surface area contributed by atoms with Crippen molar-refractivity contribution >= 4 is 49.3 Å². The van der Waals surface area contributed by atoms with Gasteiger partial charge in [-0.2, -0.15) is 26.3 Å². The minimum Gasteiger partial charge on any atom is -0.309 e. The Labute approximate surface area is 282 Å². The maximum Gasteiger partial charge on any atom is 0.420 e. The Hall–Kier alpha value is -6.01. The van der Waals surface area contributed by atoms with Crippen molar-refractivity contribution in [2.24, 2.45) is 0 Å². The smallest absolute Gasteiger partial charge is 0.309 e. The zero-order valence-corrected chi connectivity index (χ0v) is 26.6. The first-order valence-corrected chi connectivity index (χ1v) is 15.7. The van der Waals surface area contributed by atoms with E-state index < -0.39 is 29.0 Å². The van der Waals surface area contributed by atoms with Gasteiger partial charge in [-0.3, -0.25) is 0 Å². The van der Waals surface area contributed by atoms with Crippen LogP contribution in [0.5, 0.6) is 0 Å². The lowest BCUT2D eigenvalue weighted by Gasteiger charge is -2.24.